The van der Waals surface area contributed by atoms with Crippen molar-refractivity contribution in [3.05, 3.63) is 46.4 Å². The maximum Gasteiger partial charge on any atom is 0.313 e. The normalized spacial score (nSPS) is 19.0. The van der Waals surface area contributed by atoms with Crippen LogP contribution in [0, 0.1) is 0 Å². The molecule has 1 aromatic rings. The summed E-state index contributed by atoms with van der Waals surface area (Å²) in [5, 5.41) is 9.70. The van der Waals surface area contributed by atoms with Crippen molar-refractivity contribution >= 4 is 17.7 Å². The Morgan fingerprint density at radius 3 is 2.78 bits per heavy atom. The maximum absolute atomic E-state index is 12.0. The van der Waals surface area contributed by atoms with Crippen molar-refractivity contribution in [1.29, 1.82) is 0 Å². The van der Waals surface area contributed by atoms with Crippen molar-refractivity contribution < 1.29 is 14.6 Å². The highest BCUT2D eigenvalue weighted by Gasteiger charge is 2.23. The number of ether oxygens (including phenoxy) is 1. The second kappa shape index (κ2) is 9.11. The lowest BCUT2D eigenvalue weighted by molar-refractivity contribution is -0.142. The monoisotopic (exact) mass is 335 g/mol. The summed E-state index contributed by atoms with van der Waals surface area (Å²) < 4.78 is 4.94. The fourth-order valence-corrected chi connectivity index (χ4v) is 4.14. The van der Waals surface area contributed by atoms with Gasteiger partial charge in [0.15, 0.2) is 0 Å². The van der Waals surface area contributed by atoms with E-state index in [1.807, 2.05) is 30.3 Å². The molecule has 0 aromatic heterocycles. The van der Waals surface area contributed by atoms with Gasteiger partial charge < -0.3 is 15.6 Å². The molecule has 0 fully saturated rings. The van der Waals surface area contributed by atoms with E-state index < -0.39 is 0 Å². The molecule has 126 valence electrons. The average Bonchev–Trinajstić information content (AvgIpc) is 2.95. The van der Waals surface area contributed by atoms with Crippen LogP contribution in [0.25, 0.3) is 0 Å². The van der Waals surface area contributed by atoms with Crippen LogP contribution in [0.2, 0.25) is 0 Å². The Morgan fingerprint density at radius 1 is 1.39 bits per heavy atom. The molecule has 0 amide bonds. The number of thioether (sulfide) groups is 1. The Morgan fingerprint density at radius 2 is 2.13 bits per heavy atom. The lowest BCUT2D eigenvalue weighted by Gasteiger charge is -2.15. The zero-order chi connectivity index (χ0) is 16.7. The quantitative estimate of drug-likeness (QED) is 0.564. The Balaban J connectivity index is 1.86. The molecule has 1 unspecified atom stereocenters. The van der Waals surface area contributed by atoms with E-state index in [1.54, 1.807) is 0 Å². The second-order valence-electron chi connectivity index (χ2n) is 5.74. The molecule has 0 spiro atoms. The standard InChI is InChI=1S/C18H25NO3S/c1-22-18(21)15(13-7-3-2-4-8-13)9-5-6-10-16-14(12-19)11-17(20)23-16/h2-4,7-8,15,17,20H,5-6,9-12,19H2,1H3/t15-,17?/m0/s1. The number of nitrogens with two attached hydrogens (primary N) is 1. The summed E-state index contributed by atoms with van der Waals surface area (Å²) in [6.45, 7) is 0.522. The van der Waals surface area contributed by atoms with Crippen LogP contribution in [-0.4, -0.2) is 30.2 Å². The molecule has 1 aliphatic heterocycles. The summed E-state index contributed by atoms with van der Waals surface area (Å²) in [7, 11) is 1.44. The number of aliphatic hydroxyl groups excluding tert-OH is 1. The van der Waals surface area contributed by atoms with Crippen molar-refractivity contribution in [2.24, 2.45) is 5.73 Å². The van der Waals surface area contributed by atoms with Gasteiger partial charge in [0.25, 0.3) is 0 Å². The van der Waals surface area contributed by atoms with Gasteiger partial charge >= 0.3 is 5.97 Å². The summed E-state index contributed by atoms with van der Waals surface area (Å²) in [6.07, 6.45) is 4.31. The molecule has 0 radical (unpaired) electrons. The molecule has 23 heavy (non-hydrogen) atoms. The van der Waals surface area contributed by atoms with Crippen molar-refractivity contribution in [1.82, 2.24) is 0 Å². The Bertz CT molecular complexity index is 544. The molecule has 0 bridgehead atoms. The average molecular weight is 335 g/mol. The van der Waals surface area contributed by atoms with Gasteiger partial charge in [-0.25, -0.2) is 0 Å². The lowest BCUT2D eigenvalue weighted by atomic mass is 9.93. The number of unbranched alkanes of at least 4 members (excludes halogenated alkanes) is 1. The molecule has 3 N–H and O–H groups in total. The number of hydrogen-bond acceptors (Lipinski definition) is 5. The summed E-state index contributed by atoms with van der Waals surface area (Å²) in [4.78, 5) is 13.2. The van der Waals surface area contributed by atoms with Crippen molar-refractivity contribution in [3.63, 3.8) is 0 Å². The van der Waals surface area contributed by atoms with E-state index in [0.29, 0.717) is 13.0 Å². The van der Waals surface area contributed by atoms with Crippen LogP contribution in [0.3, 0.4) is 0 Å². The Kier molecular flexibility index (Phi) is 7.15. The molecule has 4 nitrogen and oxygen atoms in total. The third kappa shape index (κ3) is 5.09. The Labute approximate surface area is 142 Å². The van der Waals surface area contributed by atoms with Gasteiger partial charge in [0.2, 0.25) is 0 Å². The molecular weight excluding hydrogens is 310 g/mol. The fraction of sp³-hybridized carbons (Fsp3) is 0.500. The highest BCUT2D eigenvalue weighted by atomic mass is 32.2. The van der Waals surface area contributed by atoms with Gasteiger partial charge in [-0.3, -0.25) is 4.79 Å². The highest BCUT2D eigenvalue weighted by molar-refractivity contribution is 8.03. The van der Waals surface area contributed by atoms with Crippen LogP contribution in [-0.2, 0) is 9.53 Å². The van der Waals surface area contributed by atoms with E-state index in [4.69, 9.17) is 10.5 Å². The molecule has 2 rings (SSSR count). The van der Waals surface area contributed by atoms with Gasteiger partial charge in [0.05, 0.1) is 13.0 Å². The predicted octanol–water partition coefficient (Wildman–Crippen LogP) is 3.17. The second-order valence-corrected chi connectivity index (χ2v) is 7.01. The largest absolute Gasteiger partial charge is 0.469 e. The molecular formula is C18H25NO3S. The minimum absolute atomic E-state index is 0.177. The number of benzene rings is 1. The van der Waals surface area contributed by atoms with E-state index in [9.17, 15) is 9.90 Å². The lowest BCUT2D eigenvalue weighted by Crippen LogP contribution is -2.14. The first kappa shape index (κ1) is 18.0. The third-order valence-corrected chi connectivity index (χ3v) is 5.39. The number of carbonyl (C=O) groups is 1. The molecule has 2 atom stereocenters. The van der Waals surface area contributed by atoms with E-state index in [1.165, 1.54) is 29.3 Å². The van der Waals surface area contributed by atoms with Gasteiger partial charge in [-0.05, 0) is 35.3 Å². The topological polar surface area (TPSA) is 72.5 Å². The summed E-state index contributed by atoms with van der Waals surface area (Å²) in [5.74, 6) is -0.380. The molecule has 5 heteroatoms. The van der Waals surface area contributed by atoms with Crippen LogP contribution in [0.1, 0.15) is 43.6 Å². The summed E-state index contributed by atoms with van der Waals surface area (Å²) >= 11 is 1.53. The zero-order valence-corrected chi connectivity index (χ0v) is 14.3. The number of hydrogen-bond donors (Lipinski definition) is 2. The van der Waals surface area contributed by atoms with Gasteiger partial charge in [0.1, 0.15) is 5.44 Å². The number of aliphatic hydroxyl groups is 1. The van der Waals surface area contributed by atoms with Gasteiger partial charge in [-0.2, -0.15) is 0 Å². The van der Waals surface area contributed by atoms with E-state index >= 15 is 0 Å². The van der Waals surface area contributed by atoms with Crippen molar-refractivity contribution in [3.8, 4) is 0 Å². The van der Waals surface area contributed by atoms with Gasteiger partial charge in [-0.1, -0.05) is 48.5 Å². The van der Waals surface area contributed by atoms with Crippen LogP contribution < -0.4 is 5.73 Å². The number of methoxy groups -OCH3 is 1. The molecule has 0 aliphatic carbocycles. The van der Waals surface area contributed by atoms with E-state index in [2.05, 4.69) is 0 Å². The van der Waals surface area contributed by atoms with Gasteiger partial charge in [0, 0.05) is 13.0 Å². The number of esters is 1. The first-order valence-electron chi connectivity index (χ1n) is 8.04. The molecule has 1 aliphatic rings. The first-order valence-corrected chi connectivity index (χ1v) is 8.92. The smallest absolute Gasteiger partial charge is 0.313 e. The van der Waals surface area contributed by atoms with Crippen LogP contribution in [0.15, 0.2) is 40.8 Å². The molecule has 0 saturated carbocycles. The fourth-order valence-electron chi connectivity index (χ4n) is 2.93. The Hall–Kier alpha value is -1.30. The van der Waals surface area contributed by atoms with Crippen LogP contribution in [0.4, 0.5) is 0 Å². The molecule has 1 aromatic carbocycles. The number of carbonyl (C=O) groups excluding carboxylic acids is 1. The molecule has 1 heterocycles. The van der Waals surface area contributed by atoms with Crippen LogP contribution in [0.5, 0.6) is 0 Å². The van der Waals surface area contributed by atoms with Crippen molar-refractivity contribution in [2.75, 3.05) is 13.7 Å². The van der Waals surface area contributed by atoms with E-state index in [-0.39, 0.29) is 17.3 Å². The van der Waals surface area contributed by atoms with E-state index in [0.717, 1.165) is 31.2 Å². The minimum atomic E-state index is -0.337. The SMILES string of the molecule is COC(=O)[C@@H](CCCCC1=C(CN)CC(O)S1)c1ccccc1. The zero-order valence-electron chi connectivity index (χ0n) is 13.5. The minimum Gasteiger partial charge on any atom is -0.469 e. The first-order chi connectivity index (χ1) is 11.2. The van der Waals surface area contributed by atoms with Crippen LogP contribution >= 0.6 is 11.8 Å². The third-order valence-electron chi connectivity index (χ3n) is 4.17. The highest BCUT2D eigenvalue weighted by Crippen LogP contribution is 2.39. The predicted molar refractivity (Wildman–Crippen MR) is 94.0 cm³/mol. The molecule has 0 saturated heterocycles. The number of allylic oxidation sites excluding steroid dienone is 1. The van der Waals surface area contributed by atoms with Crippen molar-refractivity contribution in [2.45, 2.75) is 43.5 Å². The van der Waals surface area contributed by atoms with Gasteiger partial charge in [-0.15, -0.1) is 0 Å². The maximum atomic E-state index is 12.0. The summed E-state index contributed by atoms with van der Waals surface area (Å²) in [5.41, 5.74) is 7.57. The summed E-state index contributed by atoms with van der Waals surface area (Å²) in [6, 6.07) is 9.78. The number of rotatable bonds is 8.